The Morgan fingerprint density at radius 2 is 1.75 bits per heavy atom. The molecule has 3 aromatic rings. The number of fused-ring (bicyclic) bond motifs is 1. The number of nitrogens with one attached hydrogen (secondary N) is 1. The number of halogens is 2. The van der Waals surface area contributed by atoms with E-state index in [0.717, 1.165) is 0 Å². The van der Waals surface area contributed by atoms with E-state index in [1.807, 2.05) is 0 Å². The second-order valence-corrected chi connectivity index (χ2v) is 6.72. The third-order valence-electron chi connectivity index (χ3n) is 3.91. The van der Waals surface area contributed by atoms with Crippen LogP contribution in [-0.4, -0.2) is 24.1 Å². The van der Waals surface area contributed by atoms with Crippen molar-refractivity contribution in [3.63, 3.8) is 0 Å². The molecule has 0 aliphatic carbocycles. The minimum atomic E-state index is -0.256. The van der Waals surface area contributed by atoms with Crippen molar-refractivity contribution in [1.82, 2.24) is 4.98 Å². The molecule has 0 atom stereocenters. The zero-order valence-electron chi connectivity index (χ0n) is 14.4. The maximum Gasteiger partial charge on any atom is 0.255 e. The molecule has 0 radical (unpaired) electrons. The van der Waals surface area contributed by atoms with E-state index >= 15 is 0 Å². The van der Waals surface area contributed by atoms with Crippen LogP contribution in [-0.2, 0) is 0 Å². The van der Waals surface area contributed by atoms with Crippen LogP contribution in [0.3, 0.4) is 0 Å². The summed E-state index contributed by atoms with van der Waals surface area (Å²) in [6, 6.07) is 13.5. The lowest BCUT2D eigenvalue weighted by Crippen LogP contribution is -2.17. The predicted molar refractivity (Wildman–Crippen MR) is 106 cm³/mol. The van der Waals surface area contributed by atoms with Crippen LogP contribution in [0.5, 0.6) is 23.1 Å². The number of hydrogen-bond acceptors (Lipinski definition) is 5. The van der Waals surface area contributed by atoms with Gasteiger partial charge in [0.25, 0.3) is 5.91 Å². The van der Waals surface area contributed by atoms with Crippen molar-refractivity contribution in [1.29, 1.82) is 0 Å². The highest BCUT2D eigenvalue weighted by Crippen LogP contribution is 2.32. The molecule has 0 fully saturated rings. The van der Waals surface area contributed by atoms with Crippen LogP contribution in [0.4, 0.5) is 5.69 Å². The minimum Gasteiger partial charge on any atom is -0.486 e. The largest absolute Gasteiger partial charge is 0.486 e. The number of nitrogens with zero attached hydrogens (tertiary/aromatic N) is 1. The molecule has 8 heteroatoms. The van der Waals surface area contributed by atoms with Crippen molar-refractivity contribution in [3.05, 3.63) is 70.3 Å². The normalized spacial score (nSPS) is 12.4. The first-order valence-electron chi connectivity index (χ1n) is 8.38. The lowest BCUT2D eigenvalue weighted by Gasteiger charge is -2.18. The quantitative estimate of drug-likeness (QED) is 0.632. The van der Waals surface area contributed by atoms with Gasteiger partial charge in [-0.15, -0.1) is 0 Å². The molecule has 6 nitrogen and oxygen atoms in total. The van der Waals surface area contributed by atoms with E-state index in [-0.39, 0.29) is 11.8 Å². The van der Waals surface area contributed by atoms with Gasteiger partial charge < -0.3 is 19.5 Å². The Bertz CT molecular complexity index is 1030. The van der Waals surface area contributed by atoms with E-state index in [9.17, 15) is 4.79 Å². The molecule has 1 N–H and O–H groups in total. The molecule has 1 aliphatic rings. The topological polar surface area (TPSA) is 69.7 Å². The summed E-state index contributed by atoms with van der Waals surface area (Å²) in [6.07, 6.45) is 1.45. The third kappa shape index (κ3) is 4.13. The van der Waals surface area contributed by atoms with Crippen molar-refractivity contribution >= 4 is 34.8 Å². The van der Waals surface area contributed by atoms with Gasteiger partial charge >= 0.3 is 0 Å². The Kier molecular flexibility index (Phi) is 5.23. The molecule has 2 aromatic carbocycles. The van der Waals surface area contributed by atoms with E-state index in [0.29, 0.717) is 51.8 Å². The van der Waals surface area contributed by atoms with Crippen molar-refractivity contribution in [2.45, 2.75) is 0 Å². The van der Waals surface area contributed by atoms with Crippen LogP contribution >= 0.6 is 23.2 Å². The fourth-order valence-corrected chi connectivity index (χ4v) is 3.00. The highest BCUT2D eigenvalue weighted by atomic mass is 35.5. The summed E-state index contributed by atoms with van der Waals surface area (Å²) in [6.45, 7) is 0.968. The number of carbonyl (C=O) groups excluding carboxylic acids is 1. The fraction of sp³-hybridized carbons (Fsp3) is 0.100. The zero-order valence-corrected chi connectivity index (χ0v) is 16.0. The van der Waals surface area contributed by atoms with E-state index < -0.39 is 0 Å². The lowest BCUT2D eigenvalue weighted by atomic mass is 10.1. The average molecular weight is 417 g/mol. The van der Waals surface area contributed by atoms with E-state index in [4.69, 9.17) is 37.4 Å². The summed E-state index contributed by atoms with van der Waals surface area (Å²) in [7, 11) is 0. The van der Waals surface area contributed by atoms with Crippen molar-refractivity contribution in [2.75, 3.05) is 18.5 Å². The maximum absolute atomic E-state index is 12.5. The van der Waals surface area contributed by atoms with Gasteiger partial charge in [0.05, 0.1) is 5.02 Å². The summed E-state index contributed by atoms with van der Waals surface area (Å²) < 4.78 is 16.6. The first-order chi connectivity index (χ1) is 13.6. The lowest BCUT2D eigenvalue weighted by molar-refractivity contribution is 0.102. The number of benzene rings is 2. The van der Waals surface area contributed by atoms with E-state index in [1.165, 1.54) is 6.20 Å². The summed E-state index contributed by atoms with van der Waals surface area (Å²) in [5, 5.41) is 3.56. The molecule has 1 aromatic heterocycles. The number of pyridine rings is 1. The van der Waals surface area contributed by atoms with Gasteiger partial charge in [-0.2, -0.15) is 0 Å². The first kappa shape index (κ1) is 18.4. The molecule has 0 bridgehead atoms. The van der Waals surface area contributed by atoms with Gasteiger partial charge in [0.1, 0.15) is 24.0 Å². The number of amides is 1. The zero-order chi connectivity index (χ0) is 19.5. The van der Waals surface area contributed by atoms with E-state index in [2.05, 4.69) is 10.3 Å². The second-order valence-electron chi connectivity index (χ2n) is 5.88. The number of ether oxygens (including phenoxy) is 3. The number of anilines is 1. The standard InChI is InChI=1S/C20H14Cl2N2O4/c21-13-10-16(22)20(23-11-13)28-15-4-2-14(3-5-15)24-19(25)12-1-6-17-18(9-12)27-8-7-26-17/h1-6,9-11H,7-8H2,(H,24,25). The van der Waals surface area contributed by atoms with Crippen LogP contribution in [0.2, 0.25) is 10.0 Å². The molecule has 0 unspecified atom stereocenters. The average Bonchev–Trinajstić information content (AvgIpc) is 2.71. The molecule has 1 aliphatic heterocycles. The Hall–Kier alpha value is -2.96. The molecular weight excluding hydrogens is 403 g/mol. The summed E-state index contributed by atoms with van der Waals surface area (Å²) in [5.74, 6) is 1.72. The minimum absolute atomic E-state index is 0.249. The Labute approximate surface area is 171 Å². The molecule has 0 saturated carbocycles. The van der Waals surface area contributed by atoms with Crippen LogP contribution < -0.4 is 19.5 Å². The smallest absolute Gasteiger partial charge is 0.255 e. The van der Waals surface area contributed by atoms with Gasteiger partial charge in [-0.1, -0.05) is 23.2 Å². The highest BCUT2D eigenvalue weighted by molar-refractivity contribution is 6.35. The molecule has 0 saturated heterocycles. The summed E-state index contributed by atoms with van der Waals surface area (Å²) in [5.41, 5.74) is 1.09. The number of hydrogen-bond donors (Lipinski definition) is 1. The number of aromatic nitrogens is 1. The molecule has 2 heterocycles. The van der Waals surface area contributed by atoms with Gasteiger partial charge in [0.15, 0.2) is 11.5 Å². The van der Waals surface area contributed by atoms with E-state index in [1.54, 1.807) is 48.5 Å². The first-order valence-corrected chi connectivity index (χ1v) is 9.14. The van der Waals surface area contributed by atoms with Gasteiger partial charge in [-0.25, -0.2) is 4.98 Å². The van der Waals surface area contributed by atoms with Gasteiger partial charge in [-0.05, 0) is 48.5 Å². The van der Waals surface area contributed by atoms with Crippen molar-refractivity contribution in [2.24, 2.45) is 0 Å². The summed E-state index contributed by atoms with van der Waals surface area (Å²) in [4.78, 5) is 16.5. The third-order valence-corrected chi connectivity index (χ3v) is 4.38. The Morgan fingerprint density at radius 3 is 2.50 bits per heavy atom. The van der Waals surface area contributed by atoms with Gasteiger partial charge in [0, 0.05) is 17.4 Å². The second kappa shape index (κ2) is 7.96. The predicted octanol–water partition coefficient (Wildman–Crippen LogP) is 5.20. The SMILES string of the molecule is O=C(Nc1ccc(Oc2ncc(Cl)cc2Cl)cc1)c1ccc2c(c1)OCCO2. The monoisotopic (exact) mass is 416 g/mol. The fourth-order valence-electron chi connectivity index (χ4n) is 2.58. The molecule has 142 valence electrons. The molecule has 4 rings (SSSR count). The number of carbonyl (C=O) groups is 1. The van der Waals surface area contributed by atoms with Gasteiger partial charge in [-0.3, -0.25) is 4.79 Å². The Balaban J connectivity index is 1.43. The Morgan fingerprint density at radius 1 is 1.00 bits per heavy atom. The molecule has 1 amide bonds. The maximum atomic E-state index is 12.5. The van der Waals surface area contributed by atoms with Crippen LogP contribution in [0, 0.1) is 0 Å². The van der Waals surface area contributed by atoms with Crippen LogP contribution in [0.1, 0.15) is 10.4 Å². The molecule has 0 spiro atoms. The highest BCUT2D eigenvalue weighted by Gasteiger charge is 2.15. The summed E-state index contributed by atoms with van der Waals surface area (Å²) >= 11 is 11.9. The molecular formula is C20H14Cl2N2O4. The van der Waals surface area contributed by atoms with Crippen LogP contribution in [0.15, 0.2) is 54.7 Å². The van der Waals surface area contributed by atoms with Crippen molar-refractivity contribution in [3.8, 4) is 23.1 Å². The van der Waals surface area contributed by atoms with Crippen LogP contribution in [0.25, 0.3) is 0 Å². The number of rotatable bonds is 4. The van der Waals surface area contributed by atoms with Crippen molar-refractivity contribution < 1.29 is 19.0 Å². The van der Waals surface area contributed by atoms with Gasteiger partial charge in [0.2, 0.25) is 5.88 Å². The molecule has 28 heavy (non-hydrogen) atoms.